The molecule has 0 bridgehead atoms. The van der Waals surface area contributed by atoms with Crippen LogP contribution in [0.5, 0.6) is 0 Å². The van der Waals surface area contributed by atoms with Crippen LogP contribution in [0.3, 0.4) is 0 Å². The standard InChI is InChI=1S/C17H19NS2/c1-3-12-9-10-16(20-12)17(18-4-2)14-11-19-15-8-6-5-7-13(14)15/h5-11,17-18H,3-4H2,1-2H3. The predicted molar refractivity (Wildman–Crippen MR) is 91.0 cm³/mol. The third kappa shape index (κ3) is 2.53. The van der Waals surface area contributed by atoms with Gasteiger partial charge in [0.15, 0.2) is 0 Å². The zero-order chi connectivity index (χ0) is 13.9. The van der Waals surface area contributed by atoms with Crippen molar-refractivity contribution >= 4 is 32.8 Å². The first-order valence-electron chi connectivity index (χ1n) is 7.11. The monoisotopic (exact) mass is 301 g/mol. The van der Waals surface area contributed by atoms with E-state index in [-0.39, 0.29) is 0 Å². The Hall–Kier alpha value is -1.16. The molecule has 20 heavy (non-hydrogen) atoms. The molecule has 0 saturated carbocycles. The lowest BCUT2D eigenvalue weighted by molar-refractivity contribution is 0.645. The second-order valence-corrected chi connectivity index (χ2v) is 6.95. The summed E-state index contributed by atoms with van der Waals surface area (Å²) in [5.74, 6) is 0. The lowest BCUT2D eigenvalue weighted by Crippen LogP contribution is -2.20. The maximum absolute atomic E-state index is 3.65. The molecule has 3 heteroatoms. The van der Waals surface area contributed by atoms with E-state index in [1.165, 1.54) is 25.4 Å². The molecule has 2 heterocycles. The summed E-state index contributed by atoms with van der Waals surface area (Å²) in [5, 5.41) is 7.34. The highest BCUT2D eigenvalue weighted by Gasteiger charge is 2.18. The third-order valence-electron chi connectivity index (χ3n) is 3.55. The van der Waals surface area contributed by atoms with Gasteiger partial charge in [0.25, 0.3) is 0 Å². The highest BCUT2D eigenvalue weighted by atomic mass is 32.1. The van der Waals surface area contributed by atoms with Crippen molar-refractivity contribution in [1.82, 2.24) is 5.32 Å². The first-order chi connectivity index (χ1) is 9.83. The number of nitrogens with one attached hydrogen (secondary N) is 1. The maximum Gasteiger partial charge on any atom is 0.0685 e. The van der Waals surface area contributed by atoms with Crippen molar-refractivity contribution in [3.63, 3.8) is 0 Å². The Bertz CT molecular complexity index is 696. The molecule has 3 rings (SSSR count). The Labute approximate surface area is 128 Å². The second kappa shape index (κ2) is 6.08. The zero-order valence-corrected chi connectivity index (χ0v) is 13.5. The van der Waals surface area contributed by atoms with Crippen molar-refractivity contribution in [3.8, 4) is 0 Å². The number of rotatable bonds is 5. The van der Waals surface area contributed by atoms with Crippen molar-refractivity contribution in [1.29, 1.82) is 0 Å². The van der Waals surface area contributed by atoms with E-state index in [0.29, 0.717) is 6.04 Å². The summed E-state index contributed by atoms with van der Waals surface area (Å²) >= 11 is 3.77. The summed E-state index contributed by atoms with van der Waals surface area (Å²) in [6.45, 7) is 5.38. The van der Waals surface area contributed by atoms with E-state index >= 15 is 0 Å². The molecule has 1 unspecified atom stereocenters. The summed E-state index contributed by atoms with van der Waals surface area (Å²) in [5.41, 5.74) is 1.41. The van der Waals surface area contributed by atoms with E-state index in [0.717, 1.165) is 13.0 Å². The SMILES string of the molecule is CCNC(c1ccc(CC)s1)c1csc2ccccc12. The quantitative estimate of drug-likeness (QED) is 0.681. The molecule has 1 nitrogen and oxygen atoms in total. The highest BCUT2D eigenvalue weighted by molar-refractivity contribution is 7.17. The maximum atomic E-state index is 3.65. The lowest BCUT2D eigenvalue weighted by atomic mass is 10.0. The number of hydrogen-bond donors (Lipinski definition) is 1. The van der Waals surface area contributed by atoms with E-state index in [1.807, 2.05) is 22.7 Å². The molecule has 0 aliphatic rings. The van der Waals surface area contributed by atoms with Gasteiger partial charge in [0.1, 0.15) is 0 Å². The van der Waals surface area contributed by atoms with Crippen LogP contribution in [0.4, 0.5) is 0 Å². The molecular formula is C17H19NS2. The molecule has 0 aliphatic heterocycles. The third-order valence-corrected chi connectivity index (χ3v) is 5.82. The van der Waals surface area contributed by atoms with Gasteiger partial charge in [0, 0.05) is 14.5 Å². The van der Waals surface area contributed by atoms with Crippen LogP contribution in [0.2, 0.25) is 0 Å². The van der Waals surface area contributed by atoms with Gasteiger partial charge in [-0.1, -0.05) is 32.0 Å². The van der Waals surface area contributed by atoms with Crippen molar-refractivity contribution in [2.75, 3.05) is 6.54 Å². The minimum absolute atomic E-state index is 0.321. The van der Waals surface area contributed by atoms with Gasteiger partial charge in [0.2, 0.25) is 0 Å². The van der Waals surface area contributed by atoms with Crippen LogP contribution in [-0.4, -0.2) is 6.54 Å². The number of hydrogen-bond acceptors (Lipinski definition) is 3. The van der Waals surface area contributed by atoms with Gasteiger partial charge in [0.05, 0.1) is 6.04 Å². The topological polar surface area (TPSA) is 12.0 Å². The van der Waals surface area contributed by atoms with Gasteiger partial charge >= 0.3 is 0 Å². The summed E-state index contributed by atoms with van der Waals surface area (Å²) in [7, 11) is 0. The molecule has 0 aliphatic carbocycles. The molecule has 104 valence electrons. The zero-order valence-electron chi connectivity index (χ0n) is 11.8. The van der Waals surface area contributed by atoms with Gasteiger partial charge in [-0.2, -0.15) is 0 Å². The number of aryl methyl sites for hydroxylation is 1. The van der Waals surface area contributed by atoms with Gasteiger partial charge < -0.3 is 5.32 Å². The van der Waals surface area contributed by atoms with Crippen LogP contribution in [0.25, 0.3) is 10.1 Å². The molecule has 3 aromatic rings. The van der Waals surface area contributed by atoms with Gasteiger partial charge in [-0.15, -0.1) is 22.7 Å². The Morgan fingerprint density at radius 3 is 2.70 bits per heavy atom. The van der Waals surface area contributed by atoms with E-state index < -0.39 is 0 Å². The molecular weight excluding hydrogens is 282 g/mol. The Morgan fingerprint density at radius 2 is 1.95 bits per heavy atom. The van der Waals surface area contributed by atoms with Crippen molar-refractivity contribution in [2.45, 2.75) is 26.3 Å². The first kappa shape index (κ1) is 13.8. The average Bonchev–Trinajstić information content (AvgIpc) is 3.12. The Balaban J connectivity index is 2.05. The Morgan fingerprint density at radius 1 is 1.10 bits per heavy atom. The fraction of sp³-hybridized carbons (Fsp3) is 0.294. The molecule has 0 amide bonds. The molecule has 0 radical (unpaired) electrons. The van der Waals surface area contributed by atoms with Crippen LogP contribution in [0.1, 0.15) is 35.2 Å². The van der Waals surface area contributed by atoms with Crippen LogP contribution < -0.4 is 5.32 Å². The average molecular weight is 301 g/mol. The summed E-state index contributed by atoms with van der Waals surface area (Å²) in [6, 6.07) is 13.6. The minimum atomic E-state index is 0.321. The minimum Gasteiger partial charge on any atom is -0.306 e. The van der Waals surface area contributed by atoms with Crippen molar-refractivity contribution < 1.29 is 0 Å². The van der Waals surface area contributed by atoms with Gasteiger partial charge in [-0.3, -0.25) is 0 Å². The molecule has 0 saturated heterocycles. The van der Waals surface area contributed by atoms with Crippen molar-refractivity contribution in [3.05, 3.63) is 57.1 Å². The fourth-order valence-electron chi connectivity index (χ4n) is 2.53. The predicted octanol–water partition coefficient (Wildman–Crippen LogP) is 5.22. The first-order valence-corrected chi connectivity index (χ1v) is 8.81. The second-order valence-electron chi connectivity index (χ2n) is 4.84. The summed E-state index contributed by atoms with van der Waals surface area (Å²) < 4.78 is 1.37. The molecule has 1 N–H and O–H groups in total. The normalized spacial score (nSPS) is 12.9. The smallest absolute Gasteiger partial charge is 0.0685 e. The summed E-state index contributed by atoms with van der Waals surface area (Å²) in [4.78, 5) is 2.88. The Kier molecular flexibility index (Phi) is 4.20. The van der Waals surface area contributed by atoms with Crippen LogP contribution in [-0.2, 0) is 6.42 Å². The lowest BCUT2D eigenvalue weighted by Gasteiger charge is -2.16. The number of benzene rings is 1. The van der Waals surface area contributed by atoms with Crippen LogP contribution in [0.15, 0.2) is 41.8 Å². The van der Waals surface area contributed by atoms with Crippen LogP contribution in [0, 0.1) is 0 Å². The molecule has 1 aromatic carbocycles. The van der Waals surface area contributed by atoms with E-state index in [9.17, 15) is 0 Å². The fourth-order valence-corrected chi connectivity index (χ4v) is 4.56. The largest absolute Gasteiger partial charge is 0.306 e. The van der Waals surface area contributed by atoms with E-state index in [4.69, 9.17) is 0 Å². The number of fused-ring (bicyclic) bond motifs is 1. The van der Waals surface area contributed by atoms with Crippen LogP contribution >= 0.6 is 22.7 Å². The highest BCUT2D eigenvalue weighted by Crippen LogP contribution is 2.36. The summed E-state index contributed by atoms with van der Waals surface area (Å²) in [6.07, 6.45) is 1.12. The van der Waals surface area contributed by atoms with Crippen molar-refractivity contribution in [2.24, 2.45) is 0 Å². The van der Waals surface area contributed by atoms with E-state index in [1.54, 1.807) is 0 Å². The molecule has 0 fully saturated rings. The molecule has 1 atom stereocenters. The van der Waals surface area contributed by atoms with Gasteiger partial charge in [-0.05, 0) is 47.5 Å². The van der Waals surface area contributed by atoms with Gasteiger partial charge in [-0.25, -0.2) is 0 Å². The van der Waals surface area contributed by atoms with E-state index in [2.05, 4.69) is 60.9 Å². The molecule has 0 spiro atoms. The molecule has 2 aromatic heterocycles. The number of thiophene rings is 2.